The Hall–Kier alpha value is -1.50. The first-order valence-corrected chi connectivity index (χ1v) is 10.4. The quantitative estimate of drug-likeness (QED) is 0.335. The third-order valence-electron chi connectivity index (χ3n) is 5.66. The van der Waals surface area contributed by atoms with Crippen LogP contribution in [0.25, 0.3) is 6.08 Å². The Kier molecular flexibility index (Phi) is 6.50. The number of pyridine rings is 1. The topological polar surface area (TPSA) is 57.3 Å². The van der Waals surface area contributed by atoms with Crippen LogP contribution < -0.4 is 10.6 Å². The Morgan fingerprint density at radius 2 is 2.26 bits per heavy atom. The molecule has 1 saturated carbocycles. The van der Waals surface area contributed by atoms with Gasteiger partial charge in [-0.25, -0.2) is 4.98 Å². The molecule has 3 rings (SSSR count). The number of fused-ring (bicyclic) bond motifs is 1. The number of carbonyl (C=O) groups is 1. The molecule has 1 amide bonds. The van der Waals surface area contributed by atoms with Crippen molar-refractivity contribution in [3.05, 3.63) is 41.5 Å². The van der Waals surface area contributed by atoms with Crippen LogP contribution in [0.3, 0.4) is 0 Å². The summed E-state index contributed by atoms with van der Waals surface area (Å²) in [6, 6.07) is 4.03. The molecule has 2 heterocycles. The molecule has 146 valence electrons. The second-order valence-electron chi connectivity index (χ2n) is 7.83. The van der Waals surface area contributed by atoms with Crippen molar-refractivity contribution >= 4 is 33.7 Å². The molecule has 2 fully saturated rings. The van der Waals surface area contributed by atoms with Crippen molar-refractivity contribution in [1.82, 2.24) is 15.2 Å². The van der Waals surface area contributed by atoms with E-state index >= 15 is 0 Å². The molecule has 1 aromatic heterocycles. The van der Waals surface area contributed by atoms with Gasteiger partial charge in [-0.05, 0) is 73.8 Å². The number of aromatic nitrogens is 1. The summed E-state index contributed by atoms with van der Waals surface area (Å²) in [4.78, 5) is 19.5. The number of hydrogen-bond donors (Lipinski definition) is 2. The summed E-state index contributed by atoms with van der Waals surface area (Å²) in [6.45, 7) is 9.72. The minimum Gasteiger partial charge on any atom is -0.309 e. The summed E-state index contributed by atoms with van der Waals surface area (Å²) in [7, 11) is 2.19. The zero-order valence-corrected chi connectivity index (χ0v) is 17.6. The summed E-state index contributed by atoms with van der Waals surface area (Å²) >= 11 is 3.36. The number of rotatable bonds is 10. The van der Waals surface area contributed by atoms with E-state index in [2.05, 4.69) is 56.7 Å². The third-order valence-corrected chi connectivity index (χ3v) is 6.10. The lowest BCUT2D eigenvalue weighted by molar-refractivity contribution is -0.118. The van der Waals surface area contributed by atoms with Crippen molar-refractivity contribution in [2.45, 2.75) is 44.2 Å². The van der Waals surface area contributed by atoms with Crippen LogP contribution in [0.15, 0.2) is 36.0 Å². The number of allylic oxidation sites excluding steroid dienone is 1. The number of hydrogen-bond acceptors (Lipinski definition) is 4. The number of piperidine rings is 1. The standard InChI is InChI=1S/C21H29BrN4O/c1-4-6-7-8-11-26(3)14-21-12-16(23-17(21)13-21)20(27)25-19-15(5-2)9-10-18(22)24-19/h4-5,9-10,16-17,23H,1-2,6-8,11-14H2,3H3,(H,24,25,27). The molecule has 3 atom stereocenters. The predicted octanol–water partition coefficient (Wildman–Crippen LogP) is 3.83. The second kappa shape index (κ2) is 8.67. The van der Waals surface area contributed by atoms with Crippen LogP contribution in [0.5, 0.6) is 0 Å². The van der Waals surface area contributed by atoms with Crippen LogP contribution in [0.4, 0.5) is 5.82 Å². The van der Waals surface area contributed by atoms with Crippen molar-refractivity contribution in [1.29, 1.82) is 0 Å². The number of carbonyl (C=O) groups excluding carboxylic acids is 1. The SMILES string of the molecule is C=CCCCCN(C)CC12CC(C(=O)Nc3nc(Br)ccc3C=C)NC1C2. The van der Waals surface area contributed by atoms with Crippen LogP contribution in [0.2, 0.25) is 0 Å². The van der Waals surface area contributed by atoms with Crippen molar-refractivity contribution in [3.8, 4) is 0 Å². The summed E-state index contributed by atoms with van der Waals surface area (Å²) in [5.74, 6) is 0.545. The van der Waals surface area contributed by atoms with E-state index in [1.54, 1.807) is 6.08 Å². The van der Waals surface area contributed by atoms with Crippen molar-refractivity contribution in [2.24, 2.45) is 5.41 Å². The summed E-state index contributed by atoms with van der Waals surface area (Å²) in [5, 5.41) is 6.47. The van der Waals surface area contributed by atoms with Crippen LogP contribution in [0, 0.1) is 5.41 Å². The molecule has 6 heteroatoms. The van der Waals surface area contributed by atoms with E-state index in [1.165, 1.54) is 19.3 Å². The molecule has 1 aromatic rings. The molecule has 0 radical (unpaired) electrons. The van der Waals surface area contributed by atoms with Crippen LogP contribution in [-0.2, 0) is 4.79 Å². The van der Waals surface area contributed by atoms with E-state index in [4.69, 9.17) is 0 Å². The monoisotopic (exact) mass is 432 g/mol. The minimum atomic E-state index is -0.156. The highest BCUT2D eigenvalue weighted by molar-refractivity contribution is 9.10. The summed E-state index contributed by atoms with van der Waals surface area (Å²) in [6.07, 6.45) is 9.22. The molecule has 1 aliphatic carbocycles. The molecule has 0 aromatic carbocycles. The number of amides is 1. The molecular formula is C21H29BrN4O. The van der Waals surface area contributed by atoms with Crippen LogP contribution >= 0.6 is 15.9 Å². The van der Waals surface area contributed by atoms with Crippen molar-refractivity contribution in [2.75, 3.05) is 25.5 Å². The highest BCUT2D eigenvalue weighted by atomic mass is 79.9. The van der Waals surface area contributed by atoms with Gasteiger partial charge in [0.15, 0.2) is 0 Å². The molecule has 3 unspecified atom stereocenters. The Labute approximate surface area is 170 Å². The average molecular weight is 433 g/mol. The molecule has 2 N–H and O–H groups in total. The first-order chi connectivity index (χ1) is 13.0. The maximum absolute atomic E-state index is 12.7. The fourth-order valence-electron chi connectivity index (χ4n) is 4.13. The van der Waals surface area contributed by atoms with Gasteiger partial charge in [-0.3, -0.25) is 4.79 Å². The highest BCUT2D eigenvalue weighted by Crippen LogP contribution is 2.54. The minimum absolute atomic E-state index is 0.0103. The first kappa shape index (κ1) is 20.2. The molecule has 5 nitrogen and oxygen atoms in total. The van der Waals surface area contributed by atoms with Gasteiger partial charge < -0.3 is 15.5 Å². The maximum atomic E-state index is 12.7. The molecule has 1 aliphatic heterocycles. The van der Waals surface area contributed by atoms with Gasteiger partial charge in [0.25, 0.3) is 0 Å². The lowest BCUT2D eigenvalue weighted by atomic mass is 9.98. The van der Waals surface area contributed by atoms with Gasteiger partial charge in [-0.1, -0.05) is 18.7 Å². The fourth-order valence-corrected chi connectivity index (χ4v) is 4.44. The number of halogens is 1. The molecule has 1 saturated heterocycles. The van der Waals surface area contributed by atoms with E-state index in [-0.39, 0.29) is 17.4 Å². The first-order valence-electron chi connectivity index (χ1n) is 9.63. The third kappa shape index (κ3) is 4.86. The van der Waals surface area contributed by atoms with Gasteiger partial charge in [-0.2, -0.15) is 0 Å². The molecule has 27 heavy (non-hydrogen) atoms. The average Bonchev–Trinajstić information content (AvgIpc) is 3.17. The van der Waals surface area contributed by atoms with E-state index < -0.39 is 0 Å². The van der Waals surface area contributed by atoms with Crippen molar-refractivity contribution < 1.29 is 4.79 Å². The highest BCUT2D eigenvalue weighted by Gasteiger charge is 2.61. The molecule has 0 spiro atoms. The second-order valence-corrected chi connectivity index (χ2v) is 8.64. The number of unbranched alkanes of at least 4 members (excludes halogenated alkanes) is 2. The van der Waals surface area contributed by atoms with Gasteiger partial charge in [0.1, 0.15) is 10.4 Å². The number of nitrogens with one attached hydrogen (secondary N) is 2. The Balaban J connectivity index is 1.52. The van der Waals surface area contributed by atoms with Crippen LogP contribution in [0.1, 0.15) is 37.7 Å². The molecule has 2 aliphatic rings. The van der Waals surface area contributed by atoms with Gasteiger partial charge in [0, 0.05) is 23.6 Å². The van der Waals surface area contributed by atoms with Crippen molar-refractivity contribution in [3.63, 3.8) is 0 Å². The lowest BCUT2D eigenvalue weighted by Crippen LogP contribution is -2.38. The lowest BCUT2D eigenvalue weighted by Gasteiger charge is -2.23. The normalized spacial score (nSPS) is 25.9. The van der Waals surface area contributed by atoms with Gasteiger partial charge in [0.2, 0.25) is 5.91 Å². The Morgan fingerprint density at radius 1 is 1.44 bits per heavy atom. The molecule has 0 bridgehead atoms. The summed E-state index contributed by atoms with van der Waals surface area (Å²) < 4.78 is 0.695. The van der Waals surface area contributed by atoms with E-state index in [0.29, 0.717) is 16.5 Å². The largest absolute Gasteiger partial charge is 0.309 e. The zero-order valence-electron chi connectivity index (χ0n) is 16.0. The maximum Gasteiger partial charge on any atom is 0.242 e. The molecular weight excluding hydrogens is 404 g/mol. The fraction of sp³-hybridized carbons (Fsp3) is 0.524. The van der Waals surface area contributed by atoms with Crippen LogP contribution in [-0.4, -0.2) is 48.0 Å². The zero-order chi connectivity index (χ0) is 19.4. The van der Waals surface area contributed by atoms with E-state index in [9.17, 15) is 4.79 Å². The van der Waals surface area contributed by atoms with E-state index in [0.717, 1.165) is 31.5 Å². The number of anilines is 1. The Bertz CT molecular complexity index is 722. The van der Waals surface area contributed by atoms with Gasteiger partial charge in [0.05, 0.1) is 6.04 Å². The van der Waals surface area contributed by atoms with E-state index in [1.807, 2.05) is 18.2 Å². The van der Waals surface area contributed by atoms with Gasteiger partial charge >= 0.3 is 0 Å². The smallest absolute Gasteiger partial charge is 0.242 e. The van der Waals surface area contributed by atoms with Gasteiger partial charge in [-0.15, -0.1) is 6.58 Å². The number of nitrogens with zero attached hydrogens (tertiary/aromatic N) is 2. The summed E-state index contributed by atoms with van der Waals surface area (Å²) in [5.41, 5.74) is 1.07. The Morgan fingerprint density at radius 3 is 3.00 bits per heavy atom. The predicted molar refractivity (Wildman–Crippen MR) is 115 cm³/mol.